The Labute approximate surface area is 295 Å². The van der Waals surface area contributed by atoms with Gasteiger partial charge in [-0.25, -0.2) is 0 Å². The van der Waals surface area contributed by atoms with Crippen LogP contribution in [0.4, 0.5) is 0 Å². The number of carbonyl (C=O) groups is 3. The summed E-state index contributed by atoms with van der Waals surface area (Å²) >= 11 is 0. The summed E-state index contributed by atoms with van der Waals surface area (Å²) in [5.41, 5.74) is 0.169. The third-order valence-corrected chi connectivity index (χ3v) is 19.2. The fourth-order valence-corrected chi connectivity index (χ4v) is 10.6. The average molecular weight is 717 g/mol. The Morgan fingerprint density at radius 2 is 1.35 bits per heavy atom. The van der Waals surface area contributed by atoms with Crippen molar-refractivity contribution in [3.05, 3.63) is 0 Å². The van der Waals surface area contributed by atoms with Crippen molar-refractivity contribution in [1.82, 2.24) is 9.80 Å². The van der Waals surface area contributed by atoms with Gasteiger partial charge in [0.15, 0.2) is 14.1 Å². The molecule has 0 aromatic rings. The maximum atomic E-state index is 12.9. The molecule has 1 saturated heterocycles. The van der Waals surface area contributed by atoms with Crippen molar-refractivity contribution < 1.29 is 37.5 Å². The van der Waals surface area contributed by atoms with Crippen molar-refractivity contribution in [2.45, 2.75) is 168 Å². The van der Waals surface area contributed by atoms with E-state index in [1.807, 2.05) is 6.92 Å². The molecule has 10 nitrogen and oxygen atoms in total. The number of hydrogen-bond donors (Lipinski definition) is 1. The van der Waals surface area contributed by atoms with Gasteiger partial charge in [-0.05, 0) is 61.3 Å². The minimum absolute atomic E-state index is 0.00472. The minimum atomic E-state index is -2.86. The lowest BCUT2D eigenvalue weighted by Gasteiger charge is -2.40. The highest BCUT2D eigenvalue weighted by Crippen LogP contribution is 2.40. The molecule has 1 heterocycles. The van der Waals surface area contributed by atoms with E-state index in [-0.39, 0.29) is 53.0 Å². The third-order valence-electron chi connectivity index (χ3n) is 10.3. The molecule has 1 N–H and O–H groups in total. The first-order valence-electron chi connectivity index (χ1n) is 18.3. The molecule has 48 heavy (non-hydrogen) atoms. The Hall–Kier alpha value is -1.16. The second-order valence-electron chi connectivity index (χ2n) is 16.5. The van der Waals surface area contributed by atoms with Crippen LogP contribution in [-0.4, -0.2) is 114 Å². The van der Waals surface area contributed by atoms with E-state index >= 15 is 0 Å². The Morgan fingerprint density at radius 1 is 0.833 bits per heavy atom. The number of aliphatic hydroxyl groups is 1. The molecule has 1 aliphatic heterocycles. The maximum Gasteiger partial charge on any atom is 0.343 e. The van der Waals surface area contributed by atoms with Gasteiger partial charge in [0, 0.05) is 46.4 Å². The van der Waals surface area contributed by atoms with Crippen LogP contribution in [0, 0.1) is 5.92 Å². The zero-order valence-electron chi connectivity index (χ0n) is 33.0. The molecule has 0 aromatic heterocycles. The number of Topliss-reactive ketones (excluding diaryl/α,β-unsaturated/α-hetero) is 1. The fourth-order valence-electron chi connectivity index (χ4n) is 5.71. The largest absolute Gasteiger partial charge is 0.409 e. The summed E-state index contributed by atoms with van der Waals surface area (Å²) in [7, 11) is -1.41. The van der Waals surface area contributed by atoms with Gasteiger partial charge in [0.25, 0.3) is 0 Å². The highest BCUT2D eigenvalue weighted by atomic mass is 28.4. The SMILES string of the molecule is CC(C)CCC(=O)N(C)CCN(C)C(=O)CCCCCC(=O)CO[Si](OC[C@H]1O[C@@H](C)C(O[Si](C)(C)C(C)(C)C)[C@H]1O)(C(C)C)C(C)C. The van der Waals surface area contributed by atoms with E-state index in [1.54, 1.807) is 23.9 Å². The van der Waals surface area contributed by atoms with Gasteiger partial charge < -0.3 is 32.9 Å². The summed E-state index contributed by atoms with van der Waals surface area (Å²) in [6.07, 6.45) is 2.39. The van der Waals surface area contributed by atoms with Crippen molar-refractivity contribution in [1.29, 1.82) is 0 Å². The molecule has 0 saturated carbocycles. The van der Waals surface area contributed by atoms with E-state index in [0.29, 0.717) is 51.1 Å². The first-order valence-corrected chi connectivity index (χ1v) is 23.2. The Balaban J connectivity index is 2.55. The zero-order valence-corrected chi connectivity index (χ0v) is 35.0. The second-order valence-corrected chi connectivity index (χ2v) is 25.6. The van der Waals surface area contributed by atoms with Crippen LogP contribution < -0.4 is 0 Å². The summed E-state index contributed by atoms with van der Waals surface area (Å²) in [5, 5.41) is 11.2. The van der Waals surface area contributed by atoms with E-state index in [9.17, 15) is 19.5 Å². The predicted molar refractivity (Wildman–Crippen MR) is 198 cm³/mol. The molecule has 12 heteroatoms. The summed E-state index contributed by atoms with van der Waals surface area (Å²) < 4.78 is 25.7. The lowest BCUT2D eigenvalue weighted by Crippen LogP contribution is -2.52. The maximum absolute atomic E-state index is 12.9. The number of hydrogen-bond acceptors (Lipinski definition) is 8. The predicted octanol–water partition coefficient (Wildman–Crippen LogP) is 6.69. The number of carbonyl (C=O) groups excluding carboxylic acids is 3. The first kappa shape index (κ1) is 44.9. The number of ether oxygens (including phenoxy) is 1. The fraction of sp³-hybridized carbons (Fsp3) is 0.917. The van der Waals surface area contributed by atoms with Crippen molar-refractivity contribution in [3.63, 3.8) is 0 Å². The molecule has 0 spiro atoms. The van der Waals surface area contributed by atoms with Crippen LogP contribution in [0.25, 0.3) is 0 Å². The van der Waals surface area contributed by atoms with Gasteiger partial charge >= 0.3 is 8.56 Å². The summed E-state index contributed by atoms with van der Waals surface area (Å²) in [4.78, 5) is 41.1. The molecular formula is C36H72N2O8Si2. The molecule has 1 fully saturated rings. The molecular weight excluding hydrogens is 645 g/mol. The summed E-state index contributed by atoms with van der Waals surface area (Å²) in [6.45, 7) is 26.6. The van der Waals surface area contributed by atoms with E-state index in [2.05, 4.69) is 75.4 Å². The van der Waals surface area contributed by atoms with Crippen LogP contribution in [0.3, 0.4) is 0 Å². The van der Waals surface area contributed by atoms with Gasteiger partial charge in [0.2, 0.25) is 11.8 Å². The second kappa shape index (κ2) is 20.0. The molecule has 1 unspecified atom stereocenters. The van der Waals surface area contributed by atoms with Crippen molar-refractivity contribution in [2.75, 3.05) is 40.4 Å². The number of aliphatic hydroxyl groups excluding tert-OH is 1. The molecule has 1 aliphatic rings. The topological polar surface area (TPSA) is 115 Å². The van der Waals surface area contributed by atoms with Gasteiger partial charge in [-0.1, -0.05) is 68.7 Å². The van der Waals surface area contributed by atoms with Crippen LogP contribution >= 0.6 is 0 Å². The average Bonchev–Trinajstić information content (AvgIpc) is 3.24. The van der Waals surface area contributed by atoms with Crippen LogP contribution in [-0.2, 0) is 32.4 Å². The highest BCUT2D eigenvalue weighted by Gasteiger charge is 2.51. The number of likely N-dealkylation sites (N-methyl/N-ethyl adjacent to an activating group) is 2. The molecule has 0 radical (unpaired) electrons. The Bertz CT molecular complexity index is 993. The van der Waals surface area contributed by atoms with Gasteiger partial charge in [0.05, 0.1) is 25.4 Å². The van der Waals surface area contributed by atoms with Crippen LogP contribution in [0.15, 0.2) is 0 Å². The van der Waals surface area contributed by atoms with Gasteiger partial charge in [0.1, 0.15) is 12.2 Å². The molecule has 0 bridgehead atoms. The summed E-state index contributed by atoms with van der Waals surface area (Å²) in [5.74, 6) is 0.684. The van der Waals surface area contributed by atoms with E-state index < -0.39 is 35.2 Å². The van der Waals surface area contributed by atoms with Gasteiger partial charge in [-0.2, -0.15) is 0 Å². The molecule has 282 valence electrons. The molecule has 0 aromatic carbocycles. The van der Waals surface area contributed by atoms with E-state index in [1.165, 1.54) is 0 Å². The van der Waals surface area contributed by atoms with Crippen molar-refractivity contribution >= 4 is 34.5 Å². The monoisotopic (exact) mass is 716 g/mol. The highest BCUT2D eigenvalue weighted by molar-refractivity contribution is 6.74. The van der Waals surface area contributed by atoms with Crippen LogP contribution in [0.1, 0.15) is 114 Å². The van der Waals surface area contributed by atoms with Crippen LogP contribution in [0.2, 0.25) is 29.2 Å². The number of ketones is 1. The zero-order chi connectivity index (χ0) is 37.0. The van der Waals surface area contributed by atoms with Crippen molar-refractivity contribution in [3.8, 4) is 0 Å². The molecule has 1 rings (SSSR count). The normalized spacial score (nSPS) is 20.6. The van der Waals surface area contributed by atoms with Gasteiger partial charge in [-0.15, -0.1) is 0 Å². The quantitative estimate of drug-likeness (QED) is 0.0974. The summed E-state index contributed by atoms with van der Waals surface area (Å²) in [6, 6.07) is 0. The first-order chi connectivity index (χ1) is 22.1. The molecule has 0 aliphatic carbocycles. The number of unbranched alkanes of at least 4 members (excludes halogenated alkanes) is 2. The lowest BCUT2D eigenvalue weighted by molar-refractivity contribution is -0.133. The van der Waals surface area contributed by atoms with Gasteiger partial charge in [-0.3, -0.25) is 14.4 Å². The standard InChI is InChI=1S/C36H72N2O8Si2/c1-26(2)20-21-33(41)38(12)23-22-37(11)32(40)19-17-15-16-18-30(39)24-43-48(27(3)4,28(5)6)44-25-31-34(42)35(29(7)45-31)46-47(13,14)36(8,9)10/h26-29,31,34-35,42H,15-25H2,1-14H3/t29-,31+,34-,35?/m0/s1. The minimum Gasteiger partial charge on any atom is -0.409 e. The Morgan fingerprint density at radius 3 is 1.85 bits per heavy atom. The van der Waals surface area contributed by atoms with Crippen molar-refractivity contribution in [2.24, 2.45) is 5.92 Å². The van der Waals surface area contributed by atoms with E-state index in [4.69, 9.17) is 18.0 Å². The molecule has 2 amide bonds. The lowest BCUT2D eigenvalue weighted by atomic mass is 10.1. The third kappa shape index (κ3) is 13.9. The Kier molecular flexibility index (Phi) is 18.7. The van der Waals surface area contributed by atoms with Crippen LogP contribution in [0.5, 0.6) is 0 Å². The smallest absolute Gasteiger partial charge is 0.343 e. The number of amides is 2. The van der Waals surface area contributed by atoms with E-state index in [0.717, 1.165) is 12.8 Å². The number of rotatable bonds is 22. The number of nitrogens with zero attached hydrogens (tertiary/aromatic N) is 2. The molecule has 4 atom stereocenters.